The zero-order valence-electron chi connectivity index (χ0n) is 11.4. The number of nitrogens with one attached hydrogen (secondary N) is 1. The SMILES string of the molecule is O=C(NC(CO)Cc1ccccc1)c1cc(O)ccc1O. The van der Waals surface area contributed by atoms with E-state index in [0.29, 0.717) is 6.42 Å². The predicted molar refractivity (Wildman–Crippen MR) is 78.3 cm³/mol. The average molecular weight is 287 g/mol. The number of amides is 1. The molecule has 1 atom stereocenters. The fraction of sp³-hybridized carbons (Fsp3) is 0.188. The minimum Gasteiger partial charge on any atom is -0.508 e. The lowest BCUT2D eigenvalue weighted by atomic mass is 10.1. The van der Waals surface area contributed by atoms with Gasteiger partial charge in [0.2, 0.25) is 0 Å². The van der Waals surface area contributed by atoms with Crippen molar-refractivity contribution in [3.05, 3.63) is 59.7 Å². The summed E-state index contributed by atoms with van der Waals surface area (Å²) in [6, 6.07) is 12.7. The van der Waals surface area contributed by atoms with Crippen molar-refractivity contribution in [1.29, 1.82) is 0 Å². The van der Waals surface area contributed by atoms with Crippen LogP contribution < -0.4 is 5.32 Å². The predicted octanol–water partition coefficient (Wildman–Crippen LogP) is 1.43. The Balaban J connectivity index is 2.07. The fourth-order valence-electron chi connectivity index (χ4n) is 2.03. The maximum Gasteiger partial charge on any atom is 0.255 e. The zero-order chi connectivity index (χ0) is 15.2. The third kappa shape index (κ3) is 3.97. The lowest BCUT2D eigenvalue weighted by Gasteiger charge is -2.17. The van der Waals surface area contributed by atoms with E-state index in [0.717, 1.165) is 5.56 Å². The van der Waals surface area contributed by atoms with Gasteiger partial charge in [-0.25, -0.2) is 0 Å². The van der Waals surface area contributed by atoms with Crippen LogP contribution in [-0.2, 0) is 6.42 Å². The second kappa shape index (κ2) is 6.76. The Morgan fingerprint density at radius 1 is 1.10 bits per heavy atom. The highest BCUT2D eigenvalue weighted by molar-refractivity contribution is 5.97. The van der Waals surface area contributed by atoms with Crippen molar-refractivity contribution in [2.45, 2.75) is 12.5 Å². The molecule has 1 unspecified atom stereocenters. The largest absolute Gasteiger partial charge is 0.508 e. The van der Waals surface area contributed by atoms with Gasteiger partial charge in [0.05, 0.1) is 18.2 Å². The summed E-state index contributed by atoms with van der Waals surface area (Å²) in [5.74, 6) is -0.873. The minimum absolute atomic E-state index is 0.0264. The monoisotopic (exact) mass is 287 g/mol. The number of hydrogen-bond acceptors (Lipinski definition) is 4. The highest BCUT2D eigenvalue weighted by Gasteiger charge is 2.17. The van der Waals surface area contributed by atoms with E-state index < -0.39 is 11.9 Å². The Labute approximate surface area is 122 Å². The second-order valence-electron chi connectivity index (χ2n) is 4.74. The Hall–Kier alpha value is -2.53. The molecule has 0 aliphatic carbocycles. The summed E-state index contributed by atoms with van der Waals surface area (Å²) in [4.78, 5) is 12.1. The molecule has 110 valence electrons. The average Bonchev–Trinajstić information content (AvgIpc) is 2.50. The van der Waals surface area contributed by atoms with Crippen LogP contribution >= 0.6 is 0 Å². The van der Waals surface area contributed by atoms with Gasteiger partial charge in [-0.15, -0.1) is 0 Å². The Morgan fingerprint density at radius 3 is 2.48 bits per heavy atom. The van der Waals surface area contributed by atoms with Crippen LogP contribution in [0.15, 0.2) is 48.5 Å². The van der Waals surface area contributed by atoms with Gasteiger partial charge in [0.25, 0.3) is 5.91 Å². The van der Waals surface area contributed by atoms with E-state index in [-0.39, 0.29) is 23.7 Å². The molecule has 0 aromatic heterocycles. The first-order valence-corrected chi connectivity index (χ1v) is 6.58. The maximum absolute atomic E-state index is 12.1. The molecule has 0 aliphatic heterocycles. The molecule has 0 bridgehead atoms. The molecular weight excluding hydrogens is 270 g/mol. The molecule has 21 heavy (non-hydrogen) atoms. The summed E-state index contributed by atoms with van der Waals surface area (Å²) in [6.45, 7) is -0.222. The van der Waals surface area contributed by atoms with E-state index in [2.05, 4.69) is 5.32 Å². The number of aromatic hydroxyl groups is 2. The first-order valence-electron chi connectivity index (χ1n) is 6.58. The molecule has 4 N–H and O–H groups in total. The molecule has 2 rings (SSSR count). The molecule has 0 fully saturated rings. The van der Waals surface area contributed by atoms with Crippen LogP contribution in [0.5, 0.6) is 11.5 Å². The van der Waals surface area contributed by atoms with Crippen molar-refractivity contribution in [2.75, 3.05) is 6.61 Å². The number of aliphatic hydroxyl groups excluding tert-OH is 1. The van der Waals surface area contributed by atoms with Crippen LogP contribution in [-0.4, -0.2) is 33.9 Å². The topological polar surface area (TPSA) is 89.8 Å². The molecule has 1 amide bonds. The first-order chi connectivity index (χ1) is 10.1. The van der Waals surface area contributed by atoms with Crippen molar-refractivity contribution >= 4 is 5.91 Å². The highest BCUT2D eigenvalue weighted by Crippen LogP contribution is 2.22. The van der Waals surface area contributed by atoms with Crippen LogP contribution in [0.2, 0.25) is 0 Å². The van der Waals surface area contributed by atoms with E-state index in [9.17, 15) is 20.1 Å². The maximum atomic E-state index is 12.1. The number of aliphatic hydroxyl groups is 1. The van der Waals surface area contributed by atoms with Gasteiger partial charge >= 0.3 is 0 Å². The Morgan fingerprint density at radius 2 is 1.81 bits per heavy atom. The van der Waals surface area contributed by atoms with Crippen LogP contribution in [0.3, 0.4) is 0 Å². The van der Waals surface area contributed by atoms with Crippen molar-refractivity contribution in [3.63, 3.8) is 0 Å². The Bertz CT molecular complexity index is 613. The lowest BCUT2D eigenvalue weighted by molar-refractivity contribution is 0.0913. The Kier molecular flexibility index (Phi) is 4.79. The fourth-order valence-corrected chi connectivity index (χ4v) is 2.03. The molecule has 0 saturated carbocycles. The van der Waals surface area contributed by atoms with Gasteiger partial charge in [0.1, 0.15) is 11.5 Å². The van der Waals surface area contributed by atoms with Crippen molar-refractivity contribution in [3.8, 4) is 11.5 Å². The molecule has 5 heteroatoms. The summed E-state index contributed by atoms with van der Waals surface area (Å²) in [6.07, 6.45) is 0.475. The van der Waals surface area contributed by atoms with Crippen molar-refractivity contribution in [1.82, 2.24) is 5.32 Å². The molecule has 0 saturated heterocycles. The van der Waals surface area contributed by atoms with Gasteiger partial charge in [-0.2, -0.15) is 0 Å². The zero-order valence-corrected chi connectivity index (χ0v) is 11.4. The summed E-state index contributed by atoms with van der Waals surface area (Å²) in [7, 11) is 0. The smallest absolute Gasteiger partial charge is 0.255 e. The van der Waals surface area contributed by atoms with Crippen molar-refractivity contribution in [2.24, 2.45) is 0 Å². The second-order valence-corrected chi connectivity index (χ2v) is 4.74. The molecule has 0 aliphatic rings. The van der Waals surface area contributed by atoms with E-state index in [4.69, 9.17) is 0 Å². The van der Waals surface area contributed by atoms with Gasteiger partial charge in [-0.1, -0.05) is 30.3 Å². The van der Waals surface area contributed by atoms with Gasteiger partial charge in [-0.3, -0.25) is 4.79 Å². The lowest BCUT2D eigenvalue weighted by Crippen LogP contribution is -2.39. The van der Waals surface area contributed by atoms with Crippen LogP contribution in [0.4, 0.5) is 0 Å². The molecule has 5 nitrogen and oxygen atoms in total. The van der Waals surface area contributed by atoms with Gasteiger partial charge in [-0.05, 0) is 30.2 Å². The summed E-state index contributed by atoms with van der Waals surface area (Å²) in [5.41, 5.74) is 0.957. The normalized spacial score (nSPS) is 11.9. The minimum atomic E-state index is -0.543. The number of phenols is 2. The highest BCUT2D eigenvalue weighted by atomic mass is 16.3. The molecule has 0 heterocycles. The van der Waals surface area contributed by atoms with Crippen LogP contribution in [0.25, 0.3) is 0 Å². The van der Waals surface area contributed by atoms with Gasteiger partial charge in [0.15, 0.2) is 0 Å². The summed E-state index contributed by atoms with van der Waals surface area (Å²) >= 11 is 0. The van der Waals surface area contributed by atoms with E-state index in [1.807, 2.05) is 30.3 Å². The van der Waals surface area contributed by atoms with Gasteiger partial charge < -0.3 is 20.6 Å². The van der Waals surface area contributed by atoms with E-state index >= 15 is 0 Å². The molecule has 2 aromatic rings. The van der Waals surface area contributed by atoms with Gasteiger partial charge in [0, 0.05) is 0 Å². The molecular formula is C16H17NO4. The number of carbonyl (C=O) groups is 1. The van der Waals surface area contributed by atoms with Crippen LogP contribution in [0, 0.1) is 0 Å². The third-order valence-corrected chi connectivity index (χ3v) is 3.11. The summed E-state index contributed by atoms with van der Waals surface area (Å²) in [5, 5.41) is 31.0. The number of benzene rings is 2. The first kappa shape index (κ1) is 14.9. The quantitative estimate of drug-likeness (QED) is 0.626. The third-order valence-electron chi connectivity index (χ3n) is 3.11. The number of rotatable bonds is 5. The van der Waals surface area contributed by atoms with Crippen molar-refractivity contribution < 1.29 is 20.1 Å². The number of phenolic OH excluding ortho intramolecular Hbond substituents is 2. The number of carbonyl (C=O) groups excluding carboxylic acids is 1. The number of hydrogen-bond donors (Lipinski definition) is 4. The van der Waals surface area contributed by atoms with E-state index in [1.54, 1.807) is 0 Å². The standard InChI is InChI=1S/C16H17NO4/c18-10-12(8-11-4-2-1-3-5-11)17-16(21)14-9-13(19)6-7-15(14)20/h1-7,9,12,18-20H,8,10H2,(H,17,21). The summed E-state index contributed by atoms with van der Waals surface area (Å²) < 4.78 is 0. The molecule has 0 spiro atoms. The molecule has 2 aromatic carbocycles. The van der Waals surface area contributed by atoms with Crippen LogP contribution in [0.1, 0.15) is 15.9 Å². The van der Waals surface area contributed by atoms with E-state index in [1.165, 1.54) is 18.2 Å². The molecule has 0 radical (unpaired) electrons.